The van der Waals surface area contributed by atoms with E-state index in [1.54, 1.807) is 0 Å². The summed E-state index contributed by atoms with van der Waals surface area (Å²) in [6.07, 6.45) is 1.94. The Bertz CT molecular complexity index is 957. The van der Waals surface area contributed by atoms with Gasteiger partial charge in [-0.05, 0) is 49.2 Å². The molecule has 2 aromatic rings. The van der Waals surface area contributed by atoms with Crippen molar-refractivity contribution in [2.24, 2.45) is 0 Å². The number of carboxylic acids is 1. The number of hydrogen-bond acceptors (Lipinski definition) is 4. The minimum atomic E-state index is -4.29. The highest BCUT2D eigenvalue weighted by Gasteiger charge is 2.20. The fourth-order valence-corrected chi connectivity index (χ4v) is 3.94. The summed E-state index contributed by atoms with van der Waals surface area (Å²) in [4.78, 5) is 12.4. The third kappa shape index (κ3) is 3.93. The highest BCUT2D eigenvalue weighted by atomic mass is 32.2. The molecule has 1 saturated heterocycles. The van der Waals surface area contributed by atoms with E-state index in [9.17, 15) is 22.0 Å². The van der Waals surface area contributed by atoms with Crippen LogP contribution in [0.1, 0.15) is 23.2 Å². The SMILES string of the molecule is O=C(O)c1cc(F)cc(S(=O)(=O)Nc2cc(F)cc(N3CCCC3)c2)c1. The maximum Gasteiger partial charge on any atom is 0.335 e. The summed E-state index contributed by atoms with van der Waals surface area (Å²) in [5.41, 5.74) is 0.0288. The molecule has 0 amide bonds. The van der Waals surface area contributed by atoms with Crippen LogP contribution in [0.4, 0.5) is 20.2 Å². The molecule has 0 unspecified atom stereocenters. The third-order valence-electron chi connectivity index (χ3n) is 4.03. The van der Waals surface area contributed by atoms with Gasteiger partial charge in [0, 0.05) is 18.8 Å². The molecule has 1 aliphatic rings. The molecule has 0 spiro atoms. The van der Waals surface area contributed by atoms with Crippen LogP contribution in [0.3, 0.4) is 0 Å². The Balaban J connectivity index is 1.94. The van der Waals surface area contributed by atoms with Gasteiger partial charge in [0.15, 0.2) is 0 Å². The zero-order chi connectivity index (χ0) is 18.9. The number of carbonyl (C=O) groups is 1. The summed E-state index contributed by atoms with van der Waals surface area (Å²) in [7, 11) is -4.29. The van der Waals surface area contributed by atoms with Crippen LogP contribution in [-0.4, -0.2) is 32.6 Å². The van der Waals surface area contributed by atoms with E-state index < -0.39 is 38.1 Å². The molecule has 0 atom stereocenters. The molecule has 2 aromatic carbocycles. The topological polar surface area (TPSA) is 86.7 Å². The molecule has 1 heterocycles. The van der Waals surface area contributed by atoms with E-state index in [0.717, 1.165) is 44.1 Å². The van der Waals surface area contributed by atoms with Gasteiger partial charge in [0.05, 0.1) is 16.1 Å². The van der Waals surface area contributed by atoms with E-state index in [1.165, 1.54) is 12.1 Å². The molecule has 26 heavy (non-hydrogen) atoms. The Morgan fingerprint density at radius 3 is 2.31 bits per heavy atom. The van der Waals surface area contributed by atoms with Crippen LogP contribution >= 0.6 is 0 Å². The number of benzene rings is 2. The average Bonchev–Trinajstić information content (AvgIpc) is 3.07. The Hall–Kier alpha value is -2.68. The fraction of sp³-hybridized carbons (Fsp3) is 0.235. The zero-order valence-corrected chi connectivity index (χ0v) is 14.4. The van der Waals surface area contributed by atoms with Crippen molar-refractivity contribution >= 4 is 27.4 Å². The molecule has 0 aliphatic carbocycles. The highest BCUT2D eigenvalue weighted by molar-refractivity contribution is 7.92. The predicted molar refractivity (Wildman–Crippen MR) is 92.0 cm³/mol. The van der Waals surface area contributed by atoms with Gasteiger partial charge in [0.2, 0.25) is 0 Å². The monoisotopic (exact) mass is 382 g/mol. The number of carboxylic acid groups (broad SMARTS) is 1. The van der Waals surface area contributed by atoms with Crippen molar-refractivity contribution in [3.8, 4) is 0 Å². The second-order valence-electron chi connectivity index (χ2n) is 5.98. The van der Waals surface area contributed by atoms with Crippen LogP contribution in [0.25, 0.3) is 0 Å². The number of nitrogens with one attached hydrogen (secondary N) is 1. The maximum absolute atomic E-state index is 13.9. The van der Waals surface area contributed by atoms with Crippen molar-refractivity contribution in [2.45, 2.75) is 17.7 Å². The lowest BCUT2D eigenvalue weighted by molar-refractivity contribution is 0.0696. The lowest BCUT2D eigenvalue weighted by Gasteiger charge is -2.19. The van der Waals surface area contributed by atoms with Gasteiger partial charge in [0.1, 0.15) is 11.6 Å². The molecule has 138 valence electrons. The third-order valence-corrected chi connectivity index (χ3v) is 5.40. The first kappa shape index (κ1) is 18.1. The summed E-state index contributed by atoms with van der Waals surface area (Å²) in [5, 5.41) is 8.95. The van der Waals surface area contributed by atoms with Crippen LogP contribution in [0.15, 0.2) is 41.3 Å². The van der Waals surface area contributed by atoms with E-state index in [-0.39, 0.29) is 5.69 Å². The van der Waals surface area contributed by atoms with Gasteiger partial charge in [-0.3, -0.25) is 4.72 Å². The molecule has 3 rings (SSSR count). The van der Waals surface area contributed by atoms with Crippen LogP contribution in [0, 0.1) is 11.6 Å². The van der Waals surface area contributed by atoms with E-state index in [4.69, 9.17) is 5.11 Å². The number of nitrogens with zero attached hydrogens (tertiary/aromatic N) is 1. The van der Waals surface area contributed by atoms with E-state index in [1.807, 2.05) is 4.90 Å². The second kappa shape index (κ2) is 6.91. The van der Waals surface area contributed by atoms with Gasteiger partial charge >= 0.3 is 5.97 Å². The van der Waals surface area contributed by atoms with Crippen LogP contribution in [0.2, 0.25) is 0 Å². The Morgan fingerprint density at radius 2 is 1.65 bits per heavy atom. The average molecular weight is 382 g/mol. The Kier molecular flexibility index (Phi) is 4.82. The quantitative estimate of drug-likeness (QED) is 0.830. The summed E-state index contributed by atoms with van der Waals surface area (Å²) in [5.74, 6) is -3.07. The van der Waals surface area contributed by atoms with Crippen molar-refractivity contribution in [3.63, 3.8) is 0 Å². The van der Waals surface area contributed by atoms with Crippen LogP contribution < -0.4 is 9.62 Å². The first-order chi connectivity index (χ1) is 12.2. The number of sulfonamides is 1. The molecular formula is C17H16F2N2O4S. The van der Waals surface area contributed by atoms with Crippen molar-refractivity contribution in [1.82, 2.24) is 0 Å². The zero-order valence-electron chi connectivity index (χ0n) is 13.6. The summed E-state index contributed by atoms with van der Waals surface area (Å²) in [6.45, 7) is 1.50. The molecule has 9 heteroatoms. The molecule has 6 nitrogen and oxygen atoms in total. The van der Waals surface area contributed by atoms with Gasteiger partial charge in [-0.1, -0.05) is 0 Å². The molecule has 1 aliphatic heterocycles. The van der Waals surface area contributed by atoms with Crippen molar-refractivity contribution in [3.05, 3.63) is 53.6 Å². The van der Waals surface area contributed by atoms with E-state index in [2.05, 4.69) is 4.72 Å². The van der Waals surface area contributed by atoms with Gasteiger partial charge < -0.3 is 10.0 Å². The Labute approximate surface area is 149 Å². The van der Waals surface area contributed by atoms with E-state index in [0.29, 0.717) is 11.8 Å². The molecule has 0 saturated carbocycles. The molecule has 0 aromatic heterocycles. The lowest BCUT2D eigenvalue weighted by Crippen LogP contribution is -2.19. The Morgan fingerprint density at radius 1 is 1.00 bits per heavy atom. The summed E-state index contributed by atoms with van der Waals surface area (Å²) < 4.78 is 54.6. The minimum Gasteiger partial charge on any atom is -0.478 e. The number of anilines is 2. The van der Waals surface area contributed by atoms with Crippen molar-refractivity contribution in [1.29, 1.82) is 0 Å². The predicted octanol–water partition coefficient (Wildman–Crippen LogP) is 3.06. The smallest absolute Gasteiger partial charge is 0.335 e. The molecule has 1 fully saturated rings. The molecule has 0 bridgehead atoms. The summed E-state index contributed by atoms with van der Waals surface area (Å²) >= 11 is 0. The highest BCUT2D eigenvalue weighted by Crippen LogP contribution is 2.27. The molecule has 2 N–H and O–H groups in total. The number of halogens is 2. The van der Waals surface area contributed by atoms with Gasteiger partial charge in [0.25, 0.3) is 10.0 Å². The van der Waals surface area contributed by atoms with Crippen LogP contribution in [0.5, 0.6) is 0 Å². The fourth-order valence-electron chi connectivity index (χ4n) is 2.85. The van der Waals surface area contributed by atoms with Crippen molar-refractivity contribution in [2.75, 3.05) is 22.7 Å². The maximum atomic E-state index is 13.9. The van der Waals surface area contributed by atoms with Crippen molar-refractivity contribution < 1.29 is 27.1 Å². The second-order valence-corrected chi connectivity index (χ2v) is 7.66. The van der Waals surface area contributed by atoms with E-state index >= 15 is 0 Å². The van der Waals surface area contributed by atoms with Crippen LogP contribution in [-0.2, 0) is 10.0 Å². The first-order valence-electron chi connectivity index (χ1n) is 7.87. The van der Waals surface area contributed by atoms with Gasteiger partial charge in [-0.25, -0.2) is 22.0 Å². The standard InChI is InChI=1S/C17H16F2N2O4S/c18-12-5-11(17(22)23)6-16(9-12)26(24,25)20-14-7-13(19)8-15(10-14)21-3-1-2-4-21/h5-10,20H,1-4H2,(H,22,23). The summed E-state index contributed by atoms with van der Waals surface area (Å²) in [6, 6.07) is 6.07. The molecular weight excluding hydrogens is 366 g/mol. The first-order valence-corrected chi connectivity index (χ1v) is 9.35. The van der Waals surface area contributed by atoms with Gasteiger partial charge in [-0.15, -0.1) is 0 Å². The number of aromatic carboxylic acids is 1. The minimum absolute atomic E-state index is 0.0203. The largest absolute Gasteiger partial charge is 0.478 e. The van der Waals surface area contributed by atoms with Gasteiger partial charge in [-0.2, -0.15) is 0 Å². The molecule has 0 radical (unpaired) electrons. The normalized spacial score (nSPS) is 14.5. The lowest BCUT2D eigenvalue weighted by atomic mass is 10.2. The number of hydrogen-bond donors (Lipinski definition) is 2. The number of rotatable bonds is 5.